The maximum atomic E-state index is 12.7. The molecule has 0 spiro atoms. The molecule has 0 bridgehead atoms. The number of para-hydroxylation sites is 1. The van der Waals surface area contributed by atoms with Gasteiger partial charge < -0.3 is 19.5 Å². The summed E-state index contributed by atoms with van der Waals surface area (Å²) in [7, 11) is 0. The van der Waals surface area contributed by atoms with E-state index in [4.69, 9.17) is 14.6 Å². The molecule has 1 N–H and O–H groups in total. The molecule has 0 saturated carbocycles. The second kappa shape index (κ2) is 5.63. The van der Waals surface area contributed by atoms with Crippen LogP contribution in [0.4, 0.5) is 0 Å². The third kappa shape index (κ3) is 3.26. The number of carbonyl (C=O) groups is 2. The van der Waals surface area contributed by atoms with Gasteiger partial charge >= 0.3 is 5.97 Å². The molecule has 1 aromatic carbocycles. The number of carbonyl (C=O) groups excluding carboxylic acids is 1. The molecular weight excluding hydrogens is 274 g/mol. The van der Waals surface area contributed by atoms with Gasteiger partial charge in [0.25, 0.3) is 5.91 Å². The summed E-state index contributed by atoms with van der Waals surface area (Å²) in [5, 5.41) is 9.03. The molecular formula is C15H19NO5. The van der Waals surface area contributed by atoms with Crippen molar-refractivity contribution >= 4 is 11.9 Å². The Bertz CT molecular complexity index is 562. The first-order valence-corrected chi connectivity index (χ1v) is 6.73. The van der Waals surface area contributed by atoms with E-state index < -0.39 is 11.5 Å². The molecule has 6 nitrogen and oxygen atoms in total. The highest BCUT2D eigenvalue weighted by molar-refractivity contribution is 5.99. The third-order valence-corrected chi connectivity index (χ3v) is 3.14. The number of amides is 1. The topological polar surface area (TPSA) is 76.1 Å². The molecule has 0 saturated heterocycles. The lowest BCUT2D eigenvalue weighted by Gasteiger charge is -2.35. The van der Waals surface area contributed by atoms with Crippen LogP contribution in [0.1, 0.15) is 31.1 Å². The molecule has 1 amide bonds. The maximum absolute atomic E-state index is 12.7. The minimum Gasteiger partial charge on any atom is -0.486 e. The van der Waals surface area contributed by atoms with Crippen LogP contribution in [-0.4, -0.2) is 47.2 Å². The van der Waals surface area contributed by atoms with Crippen LogP contribution in [0, 0.1) is 0 Å². The van der Waals surface area contributed by atoms with E-state index in [1.54, 1.807) is 39.0 Å². The first-order chi connectivity index (χ1) is 9.80. The summed E-state index contributed by atoms with van der Waals surface area (Å²) in [5.41, 5.74) is -0.295. The van der Waals surface area contributed by atoms with Crippen molar-refractivity contribution in [2.24, 2.45) is 0 Å². The van der Waals surface area contributed by atoms with Gasteiger partial charge in [0, 0.05) is 5.54 Å². The fraction of sp³-hybridized carbons (Fsp3) is 0.467. The van der Waals surface area contributed by atoms with Gasteiger partial charge in [0.1, 0.15) is 19.8 Å². The Kier molecular flexibility index (Phi) is 4.06. The van der Waals surface area contributed by atoms with E-state index >= 15 is 0 Å². The number of carboxylic acid groups (broad SMARTS) is 1. The van der Waals surface area contributed by atoms with Crippen molar-refractivity contribution in [3.8, 4) is 11.5 Å². The maximum Gasteiger partial charge on any atom is 0.323 e. The zero-order chi connectivity index (χ0) is 15.6. The van der Waals surface area contributed by atoms with Crippen LogP contribution >= 0.6 is 0 Å². The Hall–Kier alpha value is -2.24. The van der Waals surface area contributed by atoms with Gasteiger partial charge in [0.15, 0.2) is 11.5 Å². The predicted molar refractivity (Wildman–Crippen MR) is 75.9 cm³/mol. The lowest BCUT2D eigenvalue weighted by atomic mass is 10.0. The van der Waals surface area contributed by atoms with Gasteiger partial charge in [-0.15, -0.1) is 0 Å². The Morgan fingerprint density at radius 1 is 1.24 bits per heavy atom. The van der Waals surface area contributed by atoms with Crippen LogP contribution in [-0.2, 0) is 4.79 Å². The molecule has 1 heterocycles. The van der Waals surface area contributed by atoms with E-state index in [1.807, 2.05) is 0 Å². The van der Waals surface area contributed by atoms with Gasteiger partial charge in [-0.25, -0.2) is 0 Å². The van der Waals surface area contributed by atoms with Gasteiger partial charge in [-0.1, -0.05) is 6.07 Å². The van der Waals surface area contributed by atoms with E-state index in [0.29, 0.717) is 30.3 Å². The zero-order valence-electron chi connectivity index (χ0n) is 12.4. The fourth-order valence-electron chi connectivity index (χ4n) is 2.14. The average molecular weight is 293 g/mol. The van der Waals surface area contributed by atoms with E-state index in [-0.39, 0.29) is 12.5 Å². The van der Waals surface area contributed by atoms with Crippen LogP contribution in [0.2, 0.25) is 0 Å². The van der Waals surface area contributed by atoms with Gasteiger partial charge in [-0.05, 0) is 32.9 Å². The van der Waals surface area contributed by atoms with Gasteiger partial charge in [0.2, 0.25) is 0 Å². The van der Waals surface area contributed by atoms with E-state index in [2.05, 4.69) is 0 Å². The van der Waals surface area contributed by atoms with Crippen molar-refractivity contribution in [3.05, 3.63) is 23.8 Å². The predicted octanol–water partition coefficient (Wildman–Crippen LogP) is 1.78. The van der Waals surface area contributed by atoms with Gasteiger partial charge in [-0.2, -0.15) is 0 Å². The Labute approximate surface area is 123 Å². The summed E-state index contributed by atoms with van der Waals surface area (Å²) >= 11 is 0. The molecule has 1 aliphatic heterocycles. The number of aliphatic carboxylic acids is 1. The molecule has 114 valence electrons. The summed E-state index contributed by atoms with van der Waals surface area (Å²) in [6, 6.07) is 5.04. The van der Waals surface area contributed by atoms with Crippen molar-refractivity contribution in [2.75, 3.05) is 19.8 Å². The molecule has 21 heavy (non-hydrogen) atoms. The van der Waals surface area contributed by atoms with Crippen LogP contribution in [0.25, 0.3) is 0 Å². The Morgan fingerprint density at radius 2 is 1.90 bits per heavy atom. The molecule has 0 unspecified atom stereocenters. The Balaban J connectivity index is 2.39. The van der Waals surface area contributed by atoms with Crippen LogP contribution < -0.4 is 9.47 Å². The molecule has 0 atom stereocenters. The smallest absolute Gasteiger partial charge is 0.323 e. The monoisotopic (exact) mass is 293 g/mol. The number of rotatable bonds is 3. The summed E-state index contributed by atoms with van der Waals surface area (Å²) < 4.78 is 11.0. The summed E-state index contributed by atoms with van der Waals surface area (Å²) in [5.74, 6) is -0.544. The quantitative estimate of drug-likeness (QED) is 0.919. The normalized spacial score (nSPS) is 13.7. The zero-order valence-corrected chi connectivity index (χ0v) is 12.4. The van der Waals surface area contributed by atoms with Gasteiger partial charge in [-0.3, -0.25) is 9.59 Å². The number of carboxylic acids is 1. The number of ether oxygens (including phenoxy) is 2. The second-order valence-corrected chi connectivity index (χ2v) is 5.79. The first kappa shape index (κ1) is 15.2. The summed E-state index contributed by atoms with van der Waals surface area (Å²) in [4.78, 5) is 25.1. The standard InChI is InChI=1S/C15H19NO5/c1-15(2,3)16(9-12(17)18)14(19)10-5-4-6-11-13(10)21-8-7-20-11/h4-6H,7-9H2,1-3H3,(H,17,18). The number of hydrogen-bond acceptors (Lipinski definition) is 4. The summed E-state index contributed by atoms with van der Waals surface area (Å²) in [6.45, 7) is 5.81. The second-order valence-electron chi connectivity index (χ2n) is 5.79. The van der Waals surface area contributed by atoms with Crippen molar-refractivity contribution in [1.82, 2.24) is 4.90 Å². The van der Waals surface area contributed by atoms with Crippen molar-refractivity contribution < 1.29 is 24.2 Å². The first-order valence-electron chi connectivity index (χ1n) is 6.73. The van der Waals surface area contributed by atoms with Gasteiger partial charge in [0.05, 0.1) is 5.56 Å². The molecule has 2 rings (SSSR count). The number of benzene rings is 1. The van der Waals surface area contributed by atoms with Crippen molar-refractivity contribution in [3.63, 3.8) is 0 Å². The van der Waals surface area contributed by atoms with Crippen LogP contribution in [0.5, 0.6) is 11.5 Å². The van der Waals surface area contributed by atoms with E-state index in [0.717, 1.165) is 0 Å². The van der Waals surface area contributed by atoms with Crippen LogP contribution in [0.15, 0.2) is 18.2 Å². The average Bonchev–Trinajstić information content (AvgIpc) is 2.42. The molecule has 1 aromatic rings. The molecule has 0 aromatic heterocycles. The highest BCUT2D eigenvalue weighted by atomic mass is 16.6. The minimum atomic E-state index is -1.06. The highest BCUT2D eigenvalue weighted by Crippen LogP contribution is 2.35. The molecule has 0 aliphatic carbocycles. The SMILES string of the molecule is CC(C)(C)N(CC(=O)O)C(=O)c1cccc2c1OCCO2. The molecule has 0 fully saturated rings. The summed E-state index contributed by atoms with van der Waals surface area (Å²) in [6.07, 6.45) is 0. The molecule has 1 aliphatic rings. The largest absolute Gasteiger partial charge is 0.486 e. The third-order valence-electron chi connectivity index (χ3n) is 3.14. The van der Waals surface area contributed by atoms with E-state index in [9.17, 15) is 9.59 Å². The van der Waals surface area contributed by atoms with Crippen LogP contribution in [0.3, 0.4) is 0 Å². The highest BCUT2D eigenvalue weighted by Gasteiger charge is 2.32. The van der Waals surface area contributed by atoms with Crippen molar-refractivity contribution in [2.45, 2.75) is 26.3 Å². The fourth-order valence-corrected chi connectivity index (χ4v) is 2.14. The number of hydrogen-bond donors (Lipinski definition) is 1. The lowest BCUT2D eigenvalue weighted by molar-refractivity contribution is -0.138. The number of nitrogens with zero attached hydrogens (tertiary/aromatic N) is 1. The molecule has 0 radical (unpaired) electrons. The minimum absolute atomic E-state index is 0.323. The Morgan fingerprint density at radius 3 is 2.52 bits per heavy atom. The van der Waals surface area contributed by atoms with E-state index in [1.165, 1.54) is 4.90 Å². The lowest BCUT2D eigenvalue weighted by Crippen LogP contribution is -2.48. The van der Waals surface area contributed by atoms with Crippen molar-refractivity contribution in [1.29, 1.82) is 0 Å². The molecule has 6 heteroatoms. The number of fused-ring (bicyclic) bond motifs is 1.